The van der Waals surface area contributed by atoms with Crippen molar-refractivity contribution in [3.8, 4) is 6.07 Å². The Morgan fingerprint density at radius 2 is 1.79 bits per heavy atom. The molecule has 8 heteroatoms. The van der Waals surface area contributed by atoms with Crippen molar-refractivity contribution in [1.29, 1.82) is 5.26 Å². The molecule has 0 atom stereocenters. The van der Waals surface area contributed by atoms with Gasteiger partial charge < -0.3 is 5.32 Å². The molecule has 0 aromatic carbocycles. The van der Waals surface area contributed by atoms with Crippen molar-refractivity contribution in [2.24, 2.45) is 34.4 Å². The lowest BCUT2D eigenvalue weighted by Gasteiger charge is -2.37. The van der Waals surface area contributed by atoms with Crippen LogP contribution in [0, 0.1) is 29.1 Å². The zero-order valence-electron chi connectivity index (χ0n) is 17.3. The number of hydrogen-bond donors (Lipinski definition) is 3. The smallest absolute Gasteiger partial charge is 0.328 e. The van der Waals surface area contributed by atoms with Gasteiger partial charge >= 0.3 is 6.03 Å². The number of hydrazine groups is 2. The molecule has 0 radical (unpaired) electrons. The molecular weight excluding hydrogens is 366 g/mol. The van der Waals surface area contributed by atoms with Crippen molar-refractivity contribution < 1.29 is 4.79 Å². The van der Waals surface area contributed by atoms with Crippen LogP contribution in [0.1, 0.15) is 64.7 Å². The Morgan fingerprint density at radius 3 is 2.34 bits per heavy atom. The summed E-state index contributed by atoms with van der Waals surface area (Å²) in [6.45, 7) is 5.65. The summed E-state index contributed by atoms with van der Waals surface area (Å²) in [5.74, 6) is 14.0. The maximum atomic E-state index is 12.7. The van der Waals surface area contributed by atoms with E-state index in [4.69, 9.17) is 16.9 Å². The van der Waals surface area contributed by atoms with Crippen LogP contribution in [-0.4, -0.2) is 28.1 Å². The number of nitrogens with zero attached hydrogens (tertiary/aromatic N) is 4. The predicted octanol–water partition coefficient (Wildman–Crippen LogP) is 3.11. The van der Waals surface area contributed by atoms with Gasteiger partial charge in [-0.05, 0) is 82.6 Å². The van der Waals surface area contributed by atoms with Gasteiger partial charge in [0, 0.05) is 17.7 Å². The lowest BCUT2D eigenvalue weighted by Crippen LogP contribution is -2.59. The summed E-state index contributed by atoms with van der Waals surface area (Å²) in [7, 11) is 0. The standard InChI is InChI=1S/C21H33N7O/c1-14-11-15(2)26-20(25-14)28(24)21(29)27(23)19-9-7-17(8-10-19)12-16-3-5-18(13-22)6-4-16/h11,16-19H,1,3-10,12,23-24H2,2H3,(H,25,26). The third kappa shape index (κ3) is 5.37. The van der Waals surface area contributed by atoms with Crippen LogP contribution in [0.4, 0.5) is 4.79 Å². The summed E-state index contributed by atoms with van der Waals surface area (Å²) in [6.07, 6.45) is 11.4. The first-order chi connectivity index (χ1) is 13.9. The number of hydrogen-bond acceptors (Lipinski definition) is 6. The van der Waals surface area contributed by atoms with E-state index in [1.54, 1.807) is 6.08 Å². The van der Waals surface area contributed by atoms with Crippen LogP contribution in [0.15, 0.2) is 29.0 Å². The van der Waals surface area contributed by atoms with E-state index in [0.29, 0.717) is 11.6 Å². The molecule has 0 bridgehead atoms. The van der Waals surface area contributed by atoms with Crippen molar-refractivity contribution >= 4 is 12.0 Å². The number of nitrogens with two attached hydrogens (primary N) is 2. The topological polar surface area (TPSA) is 124 Å². The molecule has 8 nitrogen and oxygen atoms in total. The fourth-order valence-electron chi connectivity index (χ4n) is 4.80. The summed E-state index contributed by atoms with van der Waals surface area (Å²) < 4.78 is 0. The number of nitriles is 1. The van der Waals surface area contributed by atoms with Crippen LogP contribution in [0.3, 0.4) is 0 Å². The molecule has 0 aromatic heterocycles. The van der Waals surface area contributed by atoms with Gasteiger partial charge in [0.05, 0.1) is 11.8 Å². The molecule has 0 saturated heterocycles. The molecule has 5 N–H and O–H groups in total. The molecule has 158 valence electrons. The van der Waals surface area contributed by atoms with Crippen LogP contribution < -0.4 is 17.0 Å². The van der Waals surface area contributed by atoms with Gasteiger partial charge in [-0.3, -0.25) is 5.01 Å². The number of carbonyl (C=O) groups excluding carboxylic acids is 1. The van der Waals surface area contributed by atoms with E-state index >= 15 is 0 Å². The lowest BCUT2D eigenvalue weighted by molar-refractivity contribution is 0.119. The lowest BCUT2D eigenvalue weighted by atomic mass is 9.74. The first-order valence-corrected chi connectivity index (χ1v) is 10.6. The highest BCUT2D eigenvalue weighted by atomic mass is 16.2. The number of nitrogens with one attached hydrogen (secondary N) is 1. The minimum atomic E-state index is -0.475. The average Bonchev–Trinajstić information content (AvgIpc) is 2.72. The number of aliphatic imine (C=N–C) groups is 1. The molecule has 0 aromatic rings. The maximum Gasteiger partial charge on any atom is 0.355 e. The predicted molar refractivity (Wildman–Crippen MR) is 112 cm³/mol. The largest absolute Gasteiger partial charge is 0.355 e. The Labute approximate surface area is 173 Å². The van der Waals surface area contributed by atoms with Crippen LogP contribution in [0.5, 0.6) is 0 Å². The molecule has 2 saturated carbocycles. The molecule has 2 fully saturated rings. The number of rotatable bonds is 3. The summed E-state index contributed by atoms with van der Waals surface area (Å²) in [4.78, 5) is 16.9. The molecule has 0 unspecified atom stereocenters. The van der Waals surface area contributed by atoms with Gasteiger partial charge in [-0.1, -0.05) is 6.58 Å². The molecule has 3 rings (SSSR count). The van der Waals surface area contributed by atoms with Crippen molar-refractivity contribution in [1.82, 2.24) is 15.3 Å². The Morgan fingerprint density at radius 1 is 1.21 bits per heavy atom. The van der Waals surface area contributed by atoms with Crippen LogP contribution in [0.25, 0.3) is 0 Å². The van der Waals surface area contributed by atoms with E-state index in [0.717, 1.165) is 55.1 Å². The summed E-state index contributed by atoms with van der Waals surface area (Å²) in [5, 5.41) is 14.2. The van der Waals surface area contributed by atoms with Crippen molar-refractivity contribution in [2.45, 2.75) is 70.8 Å². The van der Waals surface area contributed by atoms with Gasteiger partial charge in [-0.15, -0.1) is 0 Å². The number of urea groups is 1. The first kappa shape index (κ1) is 21.3. The number of amides is 2. The third-order valence-electron chi connectivity index (χ3n) is 6.50. The summed E-state index contributed by atoms with van der Waals surface area (Å²) >= 11 is 0. The molecule has 2 aliphatic carbocycles. The number of allylic oxidation sites excluding steroid dienone is 2. The van der Waals surface area contributed by atoms with E-state index in [9.17, 15) is 4.79 Å². The highest BCUT2D eigenvalue weighted by molar-refractivity contribution is 5.97. The second kappa shape index (κ2) is 9.42. The summed E-state index contributed by atoms with van der Waals surface area (Å²) in [5.41, 5.74) is 1.35. The summed E-state index contributed by atoms with van der Waals surface area (Å²) in [6, 6.07) is 1.92. The Balaban J connectivity index is 1.46. The van der Waals surface area contributed by atoms with Gasteiger partial charge in [-0.25, -0.2) is 21.5 Å². The first-order valence-electron chi connectivity index (χ1n) is 10.6. The molecule has 1 heterocycles. The minimum absolute atomic E-state index is 0.0110. The van der Waals surface area contributed by atoms with E-state index in [-0.39, 0.29) is 17.9 Å². The maximum absolute atomic E-state index is 12.7. The van der Waals surface area contributed by atoms with Gasteiger partial charge in [-0.2, -0.15) is 10.3 Å². The quantitative estimate of drug-likeness (QED) is 0.382. The molecule has 29 heavy (non-hydrogen) atoms. The fourth-order valence-corrected chi connectivity index (χ4v) is 4.80. The highest BCUT2D eigenvalue weighted by Gasteiger charge is 2.32. The number of carbonyl (C=O) groups is 1. The highest BCUT2D eigenvalue weighted by Crippen LogP contribution is 2.37. The van der Waals surface area contributed by atoms with Crippen LogP contribution in [-0.2, 0) is 0 Å². The Kier molecular flexibility index (Phi) is 6.93. The second-order valence-electron chi connectivity index (χ2n) is 8.70. The van der Waals surface area contributed by atoms with E-state index in [1.807, 2.05) is 6.92 Å². The number of guanidine groups is 1. The van der Waals surface area contributed by atoms with E-state index in [2.05, 4.69) is 23.0 Å². The minimum Gasteiger partial charge on any atom is -0.328 e. The second-order valence-corrected chi connectivity index (χ2v) is 8.70. The van der Waals surface area contributed by atoms with E-state index in [1.165, 1.54) is 24.3 Å². The monoisotopic (exact) mass is 399 g/mol. The van der Waals surface area contributed by atoms with Crippen molar-refractivity contribution in [3.63, 3.8) is 0 Å². The Hall–Kier alpha value is -2.37. The molecular formula is C21H33N7O. The normalized spacial score (nSPS) is 29.8. The third-order valence-corrected chi connectivity index (χ3v) is 6.50. The molecule has 0 spiro atoms. The molecule has 3 aliphatic rings. The van der Waals surface area contributed by atoms with Crippen molar-refractivity contribution in [2.75, 3.05) is 0 Å². The van der Waals surface area contributed by atoms with Crippen molar-refractivity contribution in [3.05, 3.63) is 24.0 Å². The van der Waals surface area contributed by atoms with Gasteiger partial charge in [0.1, 0.15) is 0 Å². The van der Waals surface area contributed by atoms with Gasteiger partial charge in [0.25, 0.3) is 0 Å². The van der Waals surface area contributed by atoms with Gasteiger partial charge in [0.15, 0.2) is 0 Å². The zero-order chi connectivity index (χ0) is 21.0. The van der Waals surface area contributed by atoms with Gasteiger partial charge in [0.2, 0.25) is 5.96 Å². The molecule has 2 amide bonds. The SMILES string of the molecule is C=C1C=C(C)NC(N(N)C(=O)N(N)C2CCC(CC3CCC(C#N)CC3)CC2)=N1. The fraction of sp³-hybridized carbons (Fsp3) is 0.667. The van der Waals surface area contributed by atoms with Crippen LogP contribution >= 0.6 is 0 Å². The van der Waals surface area contributed by atoms with E-state index < -0.39 is 6.03 Å². The average molecular weight is 400 g/mol. The Bertz CT molecular complexity index is 722. The molecule has 1 aliphatic heterocycles. The zero-order valence-corrected chi connectivity index (χ0v) is 17.3. The van der Waals surface area contributed by atoms with Crippen LogP contribution in [0.2, 0.25) is 0 Å².